The highest BCUT2D eigenvalue weighted by Crippen LogP contribution is 2.38. The molecule has 2 aromatic carbocycles. The Bertz CT molecular complexity index is 713. The first-order valence-electron chi connectivity index (χ1n) is 5.47. The zero-order valence-electron chi connectivity index (χ0n) is 9.48. The molecule has 1 heterocycles. The van der Waals surface area contributed by atoms with Gasteiger partial charge in [0.2, 0.25) is 0 Å². The van der Waals surface area contributed by atoms with Gasteiger partial charge in [-0.3, -0.25) is 0 Å². The van der Waals surface area contributed by atoms with Crippen molar-refractivity contribution in [3.8, 4) is 11.1 Å². The average Bonchev–Trinajstić information content (AvgIpc) is 2.73. The lowest BCUT2D eigenvalue weighted by Crippen LogP contribution is -1.90. The Balaban J connectivity index is 2.29. The molecular formula is C14H11BrN2S. The van der Waals surface area contributed by atoms with Crippen molar-refractivity contribution in [3.05, 3.63) is 46.3 Å². The molecule has 0 amide bonds. The van der Waals surface area contributed by atoms with Crippen LogP contribution in [0.5, 0.6) is 0 Å². The van der Waals surface area contributed by atoms with E-state index in [-0.39, 0.29) is 0 Å². The van der Waals surface area contributed by atoms with Crippen LogP contribution < -0.4 is 11.5 Å². The van der Waals surface area contributed by atoms with Crippen molar-refractivity contribution >= 4 is 48.7 Å². The Morgan fingerprint density at radius 3 is 2.44 bits per heavy atom. The molecule has 0 radical (unpaired) electrons. The zero-order valence-corrected chi connectivity index (χ0v) is 11.9. The van der Waals surface area contributed by atoms with Gasteiger partial charge in [0.05, 0.1) is 0 Å². The van der Waals surface area contributed by atoms with Crippen molar-refractivity contribution in [2.45, 2.75) is 0 Å². The Kier molecular flexibility index (Phi) is 2.76. The molecule has 0 spiro atoms. The predicted octanol–water partition coefficient (Wildman–Crippen LogP) is 4.50. The highest BCUT2D eigenvalue weighted by atomic mass is 79.9. The average molecular weight is 319 g/mol. The van der Waals surface area contributed by atoms with Gasteiger partial charge in [-0.1, -0.05) is 12.1 Å². The van der Waals surface area contributed by atoms with E-state index in [1.165, 1.54) is 15.6 Å². The standard InChI is InChI=1S/C14H11BrN2S/c15-13-3-1-2-11-12(7-18-14(11)13)8-4-9(16)6-10(17)5-8/h1-7H,16-17H2. The maximum atomic E-state index is 5.85. The van der Waals surface area contributed by atoms with Gasteiger partial charge >= 0.3 is 0 Å². The second-order valence-electron chi connectivity index (χ2n) is 4.15. The molecule has 0 atom stereocenters. The highest BCUT2D eigenvalue weighted by Gasteiger charge is 2.09. The first-order chi connectivity index (χ1) is 8.65. The van der Waals surface area contributed by atoms with Crippen LogP contribution in [-0.4, -0.2) is 0 Å². The molecule has 0 unspecified atom stereocenters. The van der Waals surface area contributed by atoms with Gasteiger partial charge < -0.3 is 11.5 Å². The summed E-state index contributed by atoms with van der Waals surface area (Å²) in [6, 6.07) is 11.9. The molecule has 90 valence electrons. The number of rotatable bonds is 1. The summed E-state index contributed by atoms with van der Waals surface area (Å²) >= 11 is 5.29. The number of hydrogen-bond donors (Lipinski definition) is 2. The van der Waals surface area contributed by atoms with Gasteiger partial charge in [0.15, 0.2) is 0 Å². The Morgan fingerprint density at radius 1 is 1.00 bits per heavy atom. The van der Waals surface area contributed by atoms with Crippen LogP contribution in [0.3, 0.4) is 0 Å². The van der Waals surface area contributed by atoms with Crippen LogP contribution in [0.1, 0.15) is 0 Å². The molecule has 4 N–H and O–H groups in total. The normalized spacial score (nSPS) is 10.9. The van der Waals surface area contributed by atoms with E-state index in [9.17, 15) is 0 Å². The maximum absolute atomic E-state index is 5.85. The number of hydrogen-bond acceptors (Lipinski definition) is 3. The monoisotopic (exact) mass is 318 g/mol. The summed E-state index contributed by atoms with van der Waals surface area (Å²) in [7, 11) is 0. The number of thiophene rings is 1. The van der Waals surface area contributed by atoms with Gasteiger partial charge in [-0.2, -0.15) is 0 Å². The minimum atomic E-state index is 0.694. The van der Waals surface area contributed by atoms with Crippen molar-refractivity contribution in [2.24, 2.45) is 0 Å². The van der Waals surface area contributed by atoms with E-state index in [1.807, 2.05) is 18.2 Å². The number of benzene rings is 2. The third-order valence-electron chi connectivity index (χ3n) is 2.84. The second kappa shape index (κ2) is 4.30. The van der Waals surface area contributed by atoms with E-state index in [1.54, 1.807) is 17.4 Å². The van der Waals surface area contributed by atoms with Crippen LogP contribution in [0.4, 0.5) is 11.4 Å². The van der Waals surface area contributed by atoms with E-state index in [0.717, 1.165) is 10.0 Å². The summed E-state index contributed by atoms with van der Waals surface area (Å²) in [5.41, 5.74) is 15.3. The summed E-state index contributed by atoms with van der Waals surface area (Å²) in [6.07, 6.45) is 0. The lowest BCUT2D eigenvalue weighted by atomic mass is 10.0. The molecule has 0 aliphatic carbocycles. The molecule has 0 aliphatic heterocycles. The summed E-state index contributed by atoms with van der Waals surface area (Å²) in [6.45, 7) is 0. The molecular weight excluding hydrogens is 308 g/mol. The summed E-state index contributed by atoms with van der Waals surface area (Å²) < 4.78 is 2.36. The number of fused-ring (bicyclic) bond motifs is 1. The van der Waals surface area contributed by atoms with E-state index in [4.69, 9.17) is 11.5 Å². The summed E-state index contributed by atoms with van der Waals surface area (Å²) in [5, 5.41) is 3.36. The maximum Gasteiger partial charge on any atom is 0.0491 e. The Labute approximate surface area is 117 Å². The molecule has 18 heavy (non-hydrogen) atoms. The first-order valence-corrected chi connectivity index (χ1v) is 7.14. The molecule has 0 bridgehead atoms. The molecule has 0 saturated heterocycles. The lowest BCUT2D eigenvalue weighted by molar-refractivity contribution is 1.65. The van der Waals surface area contributed by atoms with Gasteiger partial charge in [0.1, 0.15) is 0 Å². The van der Waals surface area contributed by atoms with Crippen LogP contribution in [-0.2, 0) is 0 Å². The summed E-state index contributed by atoms with van der Waals surface area (Å²) in [4.78, 5) is 0. The molecule has 2 nitrogen and oxygen atoms in total. The summed E-state index contributed by atoms with van der Waals surface area (Å²) in [5.74, 6) is 0. The predicted molar refractivity (Wildman–Crippen MR) is 83.8 cm³/mol. The second-order valence-corrected chi connectivity index (χ2v) is 5.89. The molecule has 3 aromatic rings. The van der Waals surface area contributed by atoms with Gasteiger partial charge in [0.25, 0.3) is 0 Å². The minimum absolute atomic E-state index is 0.694. The SMILES string of the molecule is Nc1cc(N)cc(-c2csc3c(Br)cccc23)c1. The molecule has 0 saturated carbocycles. The minimum Gasteiger partial charge on any atom is -0.399 e. The van der Waals surface area contributed by atoms with Crippen LogP contribution in [0, 0.1) is 0 Å². The quantitative estimate of drug-likeness (QED) is 0.649. The third kappa shape index (κ3) is 1.87. The third-order valence-corrected chi connectivity index (χ3v) is 4.79. The van der Waals surface area contributed by atoms with E-state index >= 15 is 0 Å². The van der Waals surface area contributed by atoms with Crippen LogP contribution in [0.15, 0.2) is 46.3 Å². The number of nitrogens with two attached hydrogens (primary N) is 2. The molecule has 0 fully saturated rings. The fourth-order valence-corrected chi connectivity index (χ4v) is 3.71. The fraction of sp³-hybridized carbons (Fsp3) is 0. The van der Waals surface area contributed by atoms with Gasteiger partial charge in [-0.15, -0.1) is 11.3 Å². The van der Waals surface area contributed by atoms with Crippen molar-refractivity contribution in [3.63, 3.8) is 0 Å². The Hall–Kier alpha value is -1.52. The van der Waals surface area contributed by atoms with Gasteiger partial charge in [-0.25, -0.2) is 0 Å². The first kappa shape index (κ1) is 11.6. The smallest absolute Gasteiger partial charge is 0.0491 e. The number of anilines is 2. The van der Waals surface area contributed by atoms with Crippen LogP contribution in [0.2, 0.25) is 0 Å². The number of nitrogen functional groups attached to an aromatic ring is 2. The van der Waals surface area contributed by atoms with E-state index in [2.05, 4.69) is 33.4 Å². The fourth-order valence-electron chi connectivity index (χ4n) is 2.08. The van der Waals surface area contributed by atoms with E-state index in [0.29, 0.717) is 11.4 Å². The topological polar surface area (TPSA) is 52.0 Å². The van der Waals surface area contributed by atoms with Crippen molar-refractivity contribution in [1.82, 2.24) is 0 Å². The lowest BCUT2D eigenvalue weighted by Gasteiger charge is -2.04. The molecule has 1 aromatic heterocycles. The van der Waals surface area contributed by atoms with Crippen molar-refractivity contribution in [2.75, 3.05) is 11.5 Å². The van der Waals surface area contributed by atoms with E-state index < -0.39 is 0 Å². The van der Waals surface area contributed by atoms with Crippen molar-refractivity contribution < 1.29 is 0 Å². The van der Waals surface area contributed by atoms with Gasteiger partial charge in [0, 0.05) is 31.5 Å². The highest BCUT2D eigenvalue weighted by molar-refractivity contribution is 9.10. The largest absolute Gasteiger partial charge is 0.399 e. The van der Waals surface area contributed by atoms with Crippen molar-refractivity contribution in [1.29, 1.82) is 0 Å². The van der Waals surface area contributed by atoms with Crippen LogP contribution in [0.25, 0.3) is 21.2 Å². The molecule has 3 rings (SSSR count). The Morgan fingerprint density at radius 2 is 1.72 bits per heavy atom. The van der Waals surface area contributed by atoms with Gasteiger partial charge in [-0.05, 0) is 51.1 Å². The van der Waals surface area contributed by atoms with Crippen LogP contribution >= 0.6 is 27.3 Å². The molecule has 4 heteroatoms. The number of halogens is 1. The molecule has 0 aliphatic rings. The zero-order chi connectivity index (χ0) is 12.7.